The zero-order valence-corrected chi connectivity index (χ0v) is 19.4. The molecule has 2 aromatic heterocycles. The number of thioether (sulfide) groups is 1. The average molecular weight is 518 g/mol. The maximum atomic E-state index is 13.9. The molecule has 188 valence electrons. The highest BCUT2D eigenvalue weighted by molar-refractivity contribution is 7.98. The zero-order valence-electron chi connectivity index (χ0n) is 18.6. The summed E-state index contributed by atoms with van der Waals surface area (Å²) < 4.78 is 73.7. The molecule has 0 aliphatic rings. The van der Waals surface area contributed by atoms with Crippen LogP contribution < -0.4 is 0 Å². The first kappa shape index (κ1) is 26.3. The summed E-state index contributed by atoms with van der Waals surface area (Å²) in [4.78, 5) is 32.9. The Bertz CT molecular complexity index is 1280. The number of aromatic nitrogens is 3. The highest BCUT2D eigenvalue weighted by Gasteiger charge is 2.40. The molecule has 35 heavy (non-hydrogen) atoms. The molecule has 0 atom stereocenters. The molecule has 3 aromatic rings. The number of imidazole rings is 1. The molecule has 0 fully saturated rings. The topological polar surface area (TPSA) is 111 Å². The van der Waals surface area contributed by atoms with Gasteiger partial charge in [-0.25, -0.2) is 23.5 Å². The highest BCUT2D eigenvalue weighted by Crippen LogP contribution is 2.40. The van der Waals surface area contributed by atoms with Gasteiger partial charge in [-0.3, -0.25) is 10.1 Å². The lowest BCUT2D eigenvalue weighted by Crippen LogP contribution is -2.22. The van der Waals surface area contributed by atoms with Crippen molar-refractivity contribution in [3.63, 3.8) is 0 Å². The number of fused-ring (bicyclic) bond motifs is 1. The second kappa shape index (κ2) is 10.1. The minimum atomic E-state index is -5.07. The van der Waals surface area contributed by atoms with Crippen molar-refractivity contribution in [1.82, 2.24) is 15.0 Å². The largest absolute Gasteiger partial charge is 0.465 e. The maximum absolute atomic E-state index is 13.9. The number of halogens is 5. The average Bonchev–Trinajstić information content (AvgIpc) is 3.17. The Morgan fingerprint density at radius 3 is 2.46 bits per heavy atom. The number of nitro benzene ring substituents is 1. The van der Waals surface area contributed by atoms with Gasteiger partial charge in [0, 0.05) is 17.9 Å². The van der Waals surface area contributed by atoms with Crippen LogP contribution in [0.3, 0.4) is 0 Å². The van der Waals surface area contributed by atoms with Crippen molar-refractivity contribution in [2.75, 3.05) is 7.11 Å². The van der Waals surface area contributed by atoms with Gasteiger partial charge in [0.1, 0.15) is 11.4 Å². The second-order valence-electron chi connectivity index (χ2n) is 7.85. The van der Waals surface area contributed by atoms with E-state index in [-0.39, 0.29) is 28.7 Å². The van der Waals surface area contributed by atoms with Gasteiger partial charge in [0.05, 0.1) is 28.6 Å². The maximum Gasteiger partial charge on any atom is 0.433 e. The zero-order chi connectivity index (χ0) is 26.1. The van der Waals surface area contributed by atoms with Gasteiger partial charge in [0.25, 0.3) is 12.1 Å². The van der Waals surface area contributed by atoms with E-state index in [1.807, 2.05) is 0 Å². The fourth-order valence-electron chi connectivity index (χ4n) is 3.50. The fourth-order valence-corrected chi connectivity index (χ4v) is 4.44. The number of hydrogen-bond donors (Lipinski definition) is 1. The minimum Gasteiger partial charge on any atom is -0.465 e. The fraction of sp³-hybridized carbons (Fsp3) is 0.381. The number of methoxy groups -OCH3 is 1. The second-order valence-corrected chi connectivity index (χ2v) is 8.82. The number of nitro groups is 1. The normalized spacial score (nSPS) is 12.1. The van der Waals surface area contributed by atoms with Crippen molar-refractivity contribution >= 4 is 34.5 Å². The van der Waals surface area contributed by atoms with Gasteiger partial charge in [-0.2, -0.15) is 13.2 Å². The van der Waals surface area contributed by atoms with Gasteiger partial charge in [-0.1, -0.05) is 25.6 Å². The molecule has 0 saturated heterocycles. The van der Waals surface area contributed by atoms with Gasteiger partial charge >= 0.3 is 12.1 Å². The number of alkyl halides is 5. The summed E-state index contributed by atoms with van der Waals surface area (Å²) in [5.74, 6) is -1.92. The Kier molecular flexibility index (Phi) is 7.62. The van der Waals surface area contributed by atoms with E-state index in [9.17, 15) is 36.9 Å². The van der Waals surface area contributed by atoms with Gasteiger partial charge in [0.2, 0.25) is 0 Å². The monoisotopic (exact) mass is 518 g/mol. The summed E-state index contributed by atoms with van der Waals surface area (Å²) in [6, 6.07) is 3.84. The van der Waals surface area contributed by atoms with Crippen LogP contribution in [0, 0.1) is 16.0 Å². The molecular weight excluding hydrogens is 499 g/mol. The number of rotatable bonds is 8. The van der Waals surface area contributed by atoms with Crippen LogP contribution in [0.15, 0.2) is 23.4 Å². The van der Waals surface area contributed by atoms with E-state index in [1.54, 1.807) is 13.8 Å². The van der Waals surface area contributed by atoms with Crippen LogP contribution in [-0.4, -0.2) is 33.0 Å². The van der Waals surface area contributed by atoms with E-state index in [1.165, 1.54) is 18.2 Å². The van der Waals surface area contributed by atoms with Crippen molar-refractivity contribution in [2.45, 2.75) is 43.8 Å². The molecule has 0 bridgehead atoms. The van der Waals surface area contributed by atoms with Crippen molar-refractivity contribution in [1.29, 1.82) is 0 Å². The SMILES string of the molecule is COC(=O)c1c(C(F)F)nc(C(F)(F)F)c(CSc2nc3ccc([N+](=O)[O-])cc3[nH]2)c1CC(C)C. The molecule has 0 unspecified atom stereocenters. The Labute approximate surface area is 199 Å². The number of nitrogens with zero attached hydrogens (tertiary/aromatic N) is 3. The molecule has 0 amide bonds. The van der Waals surface area contributed by atoms with Crippen LogP contribution >= 0.6 is 11.8 Å². The van der Waals surface area contributed by atoms with Crippen LogP contribution in [0.2, 0.25) is 0 Å². The van der Waals surface area contributed by atoms with E-state index in [2.05, 4.69) is 19.7 Å². The number of nitrogens with one attached hydrogen (secondary N) is 1. The van der Waals surface area contributed by atoms with E-state index < -0.39 is 51.8 Å². The Morgan fingerprint density at radius 2 is 1.91 bits per heavy atom. The number of non-ortho nitro benzene ring substituents is 1. The number of carbonyl (C=O) groups is 1. The summed E-state index contributed by atoms with van der Waals surface area (Å²) in [6.45, 7) is 3.33. The van der Waals surface area contributed by atoms with Crippen LogP contribution in [0.25, 0.3) is 11.0 Å². The quantitative estimate of drug-likeness (QED) is 0.126. The molecule has 3 rings (SSSR count). The number of aromatic amines is 1. The molecule has 1 aromatic carbocycles. The predicted molar refractivity (Wildman–Crippen MR) is 116 cm³/mol. The van der Waals surface area contributed by atoms with Gasteiger partial charge in [0.15, 0.2) is 5.16 Å². The number of benzene rings is 1. The lowest BCUT2D eigenvalue weighted by molar-refractivity contribution is -0.384. The van der Waals surface area contributed by atoms with Crippen LogP contribution in [0.4, 0.5) is 27.6 Å². The lowest BCUT2D eigenvalue weighted by Gasteiger charge is -2.22. The van der Waals surface area contributed by atoms with Gasteiger partial charge in [-0.15, -0.1) is 0 Å². The first-order valence-electron chi connectivity index (χ1n) is 10.1. The third kappa shape index (κ3) is 5.69. The number of carbonyl (C=O) groups excluding carboxylic acids is 1. The number of esters is 1. The number of pyridine rings is 1. The van der Waals surface area contributed by atoms with Crippen molar-refractivity contribution in [2.24, 2.45) is 5.92 Å². The highest BCUT2D eigenvalue weighted by atomic mass is 32.2. The third-order valence-electron chi connectivity index (χ3n) is 4.93. The Balaban J connectivity index is 2.15. The van der Waals surface area contributed by atoms with E-state index in [4.69, 9.17) is 0 Å². The summed E-state index contributed by atoms with van der Waals surface area (Å²) in [5.41, 5.74) is -3.71. The van der Waals surface area contributed by atoms with Gasteiger partial charge in [-0.05, 0) is 29.5 Å². The van der Waals surface area contributed by atoms with E-state index in [0.29, 0.717) is 11.0 Å². The Morgan fingerprint density at radius 1 is 1.23 bits per heavy atom. The first-order chi connectivity index (χ1) is 16.3. The summed E-state index contributed by atoms with van der Waals surface area (Å²) in [7, 11) is 0.941. The number of ether oxygens (including phenoxy) is 1. The molecule has 0 spiro atoms. The molecule has 2 heterocycles. The van der Waals surface area contributed by atoms with Crippen LogP contribution in [0.5, 0.6) is 0 Å². The molecule has 0 radical (unpaired) electrons. The molecule has 0 saturated carbocycles. The summed E-state index contributed by atoms with van der Waals surface area (Å²) in [6.07, 6.45) is -8.63. The van der Waals surface area contributed by atoms with Crippen LogP contribution in [-0.2, 0) is 23.1 Å². The van der Waals surface area contributed by atoms with Crippen molar-refractivity contribution in [3.05, 3.63) is 56.4 Å². The Hall–Kier alpha value is -3.29. The molecule has 0 aliphatic heterocycles. The van der Waals surface area contributed by atoms with Gasteiger partial charge < -0.3 is 9.72 Å². The molecule has 1 N–H and O–H groups in total. The van der Waals surface area contributed by atoms with Crippen molar-refractivity contribution < 1.29 is 36.4 Å². The number of H-pyrrole nitrogens is 1. The molecule has 8 nitrogen and oxygen atoms in total. The molecular formula is C21H19F5N4O4S. The smallest absolute Gasteiger partial charge is 0.433 e. The summed E-state index contributed by atoms with van der Waals surface area (Å²) in [5, 5.41) is 11.1. The minimum absolute atomic E-state index is 0.113. The first-order valence-corrected chi connectivity index (χ1v) is 11.1. The van der Waals surface area contributed by atoms with E-state index in [0.717, 1.165) is 18.9 Å². The molecule has 0 aliphatic carbocycles. The van der Waals surface area contributed by atoms with Crippen LogP contribution in [0.1, 0.15) is 53.1 Å². The van der Waals surface area contributed by atoms with Crippen molar-refractivity contribution in [3.8, 4) is 0 Å². The lowest BCUT2D eigenvalue weighted by atomic mass is 9.91. The standard InChI is InChI=1S/C21H19F5N4O4S/c1-9(2)6-11-12(8-35-20-27-13-5-4-10(30(32)33)7-14(13)28-20)17(21(24,25)26)29-16(18(22)23)15(11)19(31)34-3/h4-5,7,9,18H,6,8H2,1-3H3,(H,27,28). The summed E-state index contributed by atoms with van der Waals surface area (Å²) >= 11 is 0.811. The van der Waals surface area contributed by atoms with E-state index >= 15 is 0 Å². The molecule has 14 heteroatoms. The predicted octanol–water partition coefficient (Wildman–Crippen LogP) is 6.10. The third-order valence-corrected chi connectivity index (χ3v) is 5.82. The number of hydrogen-bond acceptors (Lipinski definition) is 7.